The fourth-order valence-corrected chi connectivity index (χ4v) is 20.4. The third-order valence-corrected chi connectivity index (χ3v) is 28.4. The topological polar surface area (TPSA) is 413 Å². The number of fused-ring (bicyclic) bond motifs is 4. The van der Waals surface area contributed by atoms with Crippen molar-refractivity contribution in [3.63, 3.8) is 0 Å². The molecule has 1 aliphatic carbocycles. The van der Waals surface area contributed by atoms with E-state index in [9.17, 15) is 0 Å². The molecule has 0 radical (unpaired) electrons. The molecule has 37 heteroatoms. The van der Waals surface area contributed by atoms with Gasteiger partial charge >= 0.3 is 0 Å². The zero-order chi connectivity index (χ0) is 101. The minimum atomic E-state index is 0.219. The van der Waals surface area contributed by atoms with Crippen LogP contribution in [0.4, 0.5) is 23.3 Å². The van der Waals surface area contributed by atoms with Crippen LogP contribution in [0.3, 0.4) is 0 Å². The standard InChI is InChI=1S/C30H29N5O3.C27H27N7O2S.C27H26N6O3S.C27H26N6O2S/c1-20-5-2-3-8-26(20)37-18-21-6-4-7-25(17-21)38-24-11-9-22(10-12-24)28-27-29(31)32-19-33-30(27)35(34-28)23-13-15-36-16-14-23;28-26-24-25(32-34(27(24)31-17-30-26)13-12-33-10-1-2-11-33)19-6-8-20(9-7-19)36-22-5-3-4-21(14-22)35-16-23-15-29-18-37-23;1-17-29-14-23(37-17)15-35-21-3-2-4-22(13-21)36-20-7-5-18(6-8-20)25-24-26(28)30-16-31-27(24)33(32-25)19-9-11-34-12-10-19;1-17-29-14-23(36-17)15-34-21-7-4-8-22(13-21)35-20-11-9-18(10-12-20)25-24-26(28)30-16-31-27(24)33(32-25)19-5-2-3-6-19/h2-12,17,19,23H,13-16,18H2,1H3,(H2,31,32,33);3-9,14-15,17-18H,1-2,10-13,16H2,(H2,28,30,31);2-8,13-14,16,19H,9-12,15H2,1H3,(H2,28,30,31);4,7-14,16,19H,2-3,5-6,15H2,1H3,(H2,28,30,31). The largest absolute Gasteiger partial charge is 0.489 e. The third kappa shape index (κ3) is 23.4. The van der Waals surface area contributed by atoms with Gasteiger partial charge in [0.05, 0.1) is 76.4 Å². The summed E-state index contributed by atoms with van der Waals surface area (Å²) in [4.78, 5) is 53.2. The highest BCUT2D eigenvalue weighted by Crippen LogP contribution is 2.43. The van der Waals surface area contributed by atoms with Gasteiger partial charge in [-0.2, -0.15) is 20.4 Å². The molecule has 4 aliphatic rings. The summed E-state index contributed by atoms with van der Waals surface area (Å²) in [6.07, 6.45) is 22.2. The van der Waals surface area contributed by atoms with Gasteiger partial charge in [-0.15, -0.1) is 34.0 Å². The van der Waals surface area contributed by atoms with Crippen molar-refractivity contribution in [2.24, 2.45) is 0 Å². The summed E-state index contributed by atoms with van der Waals surface area (Å²) in [6.45, 7) is 14.8. The Hall–Kier alpha value is -16.5. The molecule has 34 nitrogen and oxygen atoms in total. The minimum Gasteiger partial charge on any atom is -0.489 e. The fourth-order valence-electron chi connectivity index (χ4n) is 18.4. The number of thiazole rings is 3. The van der Waals surface area contributed by atoms with Crippen LogP contribution in [0.5, 0.6) is 69.0 Å². The number of ether oxygens (including phenoxy) is 10. The van der Waals surface area contributed by atoms with Gasteiger partial charge in [0, 0.05) is 92.0 Å². The predicted octanol–water partition coefficient (Wildman–Crippen LogP) is 23.0. The molecule has 0 spiro atoms. The maximum Gasteiger partial charge on any atom is 0.164 e. The molecule has 148 heavy (non-hydrogen) atoms. The summed E-state index contributed by atoms with van der Waals surface area (Å²) in [6, 6.07) is 70.9. The van der Waals surface area contributed by atoms with Gasteiger partial charge in [-0.05, 0) is 248 Å². The van der Waals surface area contributed by atoms with E-state index in [2.05, 4.69) is 59.7 Å². The summed E-state index contributed by atoms with van der Waals surface area (Å²) in [5.41, 5.74) is 39.0. The van der Waals surface area contributed by atoms with Crippen LogP contribution >= 0.6 is 34.0 Å². The number of benzene rings is 9. The lowest BCUT2D eigenvalue weighted by atomic mass is 10.1. The molecular formula is C111H108N24O10S3. The van der Waals surface area contributed by atoms with Crippen LogP contribution in [-0.2, 0) is 42.4 Å². The van der Waals surface area contributed by atoms with Gasteiger partial charge in [0.15, 0.2) is 22.6 Å². The summed E-state index contributed by atoms with van der Waals surface area (Å²) in [7, 11) is 0. The summed E-state index contributed by atoms with van der Waals surface area (Å²) < 4.78 is 67.1. The average molecular weight is 2030 g/mol. The number of nitrogens with zero attached hydrogens (tertiary/aromatic N) is 20. The summed E-state index contributed by atoms with van der Waals surface area (Å²) in [5, 5.41) is 24.9. The van der Waals surface area contributed by atoms with Crippen molar-refractivity contribution < 1.29 is 47.4 Å². The van der Waals surface area contributed by atoms with Crippen LogP contribution in [0.25, 0.3) is 89.2 Å². The van der Waals surface area contributed by atoms with Crippen molar-refractivity contribution in [1.29, 1.82) is 0 Å². The van der Waals surface area contributed by atoms with Crippen molar-refractivity contribution in [2.75, 3.05) is 69.0 Å². The molecule has 750 valence electrons. The Kier molecular flexibility index (Phi) is 30.3. The fraction of sp³-hybridized carbons (Fsp3) is 0.252. The zero-order valence-electron chi connectivity index (χ0n) is 81.8. The highest BCUT2D eigenvalue weighted by molar-refractivity contribution is 7.11. The number of aromatic nitrogens is 19. The smallest absolute Gasteiger partial charge is 0.164 e. The summed E-state index contributed by atoms with van der Waals surface area (Å²) in [5.74, 6) is 10.5. The molecule has 11 aromatic heterocycles. The molecule has 0 amide bonds. The van der Waals surface area contributed by atoms with Crippen LogP contribution in [0.15, 0.2) is 268 Å². The average Bonchev–Trinajstić information content (AvgIpc) is 1.62. The van der Waals surface area contributed by atoms with Gasteiger partial charge in [-0.3, -0.25) is 4.98 Å². The maximum atomic E-state index is 6.29. The van der Waals surface area contributed by atoms with Crippen molar-refractivity contribution in [2.45, 2.75) is 136 Å². The number of hydrogen-bond donors (Lipinski definition) is 4. The number of rotatable bonds is 30. The second-order valence-electron chi connectivity index (χ2n) is 36.1. The first kappa shape index (κ1) is 97.6. The van der Waals surface area contributed by atoms with E-state index in [-0.39, 0.29) is 12.1 Å². The Morgan fingerprint density at radius 3 is 1.10 bits per heavy atom. The van der Waals surface area contributed by atoms with E-state index in [1.54, 1.807) is 39.5 Å². The van der Waals surface area contributed by atoms with Gasteiger partial charge in [-0.1, -0.05) is 61.4 Å². The number of aryl methyl sites for hydroxylation is 3. The molecule has 20 aromatic rings. The van der Waals surface area contributed by atoms with Gasteiger partial charge in [-0.25, -0.2) is 68.6 Å². The van der Waals surface area contributed by atoms with Gasteiger partial charge < -0.3 is 75.2 Å². The first-order valence-corrected chi connectivity index (χ1v) is 51.8. The van der Waals surface area contributed by atoms with Crippen LogP contribution < -0.4 is 60.8 Å². The Morgan fingerprint density at radius 2 is 0.703 bits per heavy atom. The molecule has 24 rings (SSSR count). The van der Waals surface area contributed by atoms with E-state index in [4.69, 9.17) is 90.7 Å². The van der Waals surface area contributed by atoms with Gasteiger partial charge in [0.1, 0.15) is 167 Å². The molecule has 14 heterocycles. The zero-order valence-corrected chi connectivity index (χ0v) is 84.2. The van der Waals surface area contributed by atoms with Gasteiger partial charge in [0.25, 0.3) is 0 Å². The molecule has 0 atom stereocenters. The molecule has 8 N–H and O–H groups in total. The van der Waals surface area contributed by atoms with E-state index < -0.39 is 0 Å². The second-order valence-corrected chi connectivity index (χ2v) is 39.7. The number of hydrogen-bond acceptors (Lipinski definition) is 33. The van der Waals surface area contributed by atoms with E-state index in [0.717, 1.165) is 230 Å². The van der Waals surface area contributed by atoms with Crippen LogP contribution in [0.1, 0.15) is 118 Å². The first-order valence-electron chi connectivity index (χ1n) is 49.3. The van der Waals surface area contributed by atoms with Crippen LogP contribution in [-0.4, -0.2) is 145 Å². The Bertz CT molecular complexity index is 7920. The molecule has 4 fully saturated rings. The number of anilines is 4. The molecular weight excluding hydrogens is 1930 g/mol. The molecule has 3 aliphatic heterocycles. The lowest BCUT2D eigenvalue weighted by Gasteiger charge is -2.22. The Morgan fingerprint density at radius 1 is 0.331 bits per heavy atom. The quantitative estimate of drug-likeness (QED) is 0.0325. The van der Waals surface area contributed by atoms with E-state index in [1.807, 2.05) is 276 Å². The molecule has 3 saturated heterocycles. The van der Waals surface area contributed by atoms with Crippen LogP contribution in [0.2, 0.25) is 0 Å². The third-order valence-electron chi connectivity index (χ3n) is 25.9. The lowest BCUT2D eigenvalue weighted by Crippen LogP contribution is -2.24. The van der Waals surface area contributed by atoms with Crippen molar-refractivity contribution in [3.8, 4) is 114 Å². The lowest BCUT2D eigenvalue weighted by molar-refractivity contribution is 0.0673. The highest BCUT2D eigenvalue weighted by Gasteiger charge is 2.30. The SMILES string of the molecule is Cc1ccccc1OCc1cccc(Oc2ccc(-c3nn(C4CCOCC4)c4ncnc(N)c34)cc2)c1.Cc1ncc(COc2cccc(Oc3ccc(-c4nn(C5CCCC5)c5ncnc(N)c45)cc3)c2)s1.Cc1ncc(COc2cccc(Oc3ccc(-c4nn(C5CCOCC5)c5ncnc(N)c45)cc3)c2)s1.Nc1ncnc2c1c(-c1ccc(Oc3cccc(OCc4cncs4)c3)cc1)nn2CCN1CCCC1. The number of para-hydroxylation sites is 1. The molecule has 0 bridgehead atoms. The van der Waals surface area contributed by atoms with Gasteiger partial charge in [0.2, 0.25) is 0 Å². The van der Waals surface area contributed by atoms with Crippen LogP contribution in [0, 0.1) is 20.8 Å². The normalized spacial score (nSPS) is 14.0. The van der Waals surface area contributed by atoms with Crippen molar-refractivity contribution in [1.82, 2.24) is 98.8 Å². The maximum absolute atomic E-state index is 6.29. The molecule has 0 unspecified atom stereocenters. The predicted molar refractivity (Wildman–Crippen MR) is 572 cm³/mol. The monoisotopic (exact) mass is 2030 g/mol. The highest BCUT2D eigenvalue weighted by atomic mass is 32.1. The molecule has 1 saturated carbocycles. The molecule has 9 aromatic carbocycles. The van der Waals surface area contributed by atoms with E-state index in [1.165, 1.54) is 51.0 Å². The van der Waals surface area contributed by atoms with E-state index in [0.29, 0.717) is 111 Å². The van der Waals surface area contributed by atoms with Crippen molar-refractivity contribution >= 4 is 101 Å². The Labute approximate surface area is 864 Å². The number of nitrogens with two attached hydrogens (primary N) is 4. The van der Waals surface area contributed by atoms with Crippen molar-refractivity contribution in [3.05, 3.63) is 304 Å². The number of likely N-dealkylation sites (tertiary alicyclic amines) is 1. The van der Waals surface area contributed by atoms with E-state index >= 15 is 0 Å². The second kappa shape index (κ2) is 45.9. The Balaban J connectivity index is 0.000000116. The minimum absolute atomic E-state index is 0.219. The number of nitrogen functional groups attached to an aromatic ring is 4. The summed E-state index contributed by atoms with van der Waals surface area (Å²) >= 11 is 4.83. The first-order chi connectivity index (χ1) is 72.7.